The average molecular weight is 365 g/mol. The summed E-state index contributed by atoms with van der Waals surface area (Å²) in [5, 5.41) is 7.51. The van der Waals surface area contributed by atoms with Gasteiger partial charge in [-0.25, -0.2) is 0 Å². The van der Waals surface area contributed by atoms with Crippen LogP contribution in [-0.2, 0) is 11.2 Å². The zero-order chi connectivity index (χ0) is 17.5. The Morgan fingerprint density at radius 3 is 2.38 bits per heavy atom. The van der Waals surface area contributed by atoms with Gasteiger partial charge in [-0.2, -0.15) is 0 Å². The van der Waals surface area contributed by atoms with Gasteiger partial charge in [0.1, 0.15) is 0 Å². The van der Waals surface area contributed by atoms with Crippen molar-refractivity contribution in [3.8, 4) is 0 Å². The van der Waals surface area contributed by atoms with Crippen LogP contribution in [0, 0.1) is 13.8 Å². The highest BCUT2D eigenvalue weighted by molar-refractivity contribution is 6.35. The quantitative estimate of drug-likeness (QED) is 0.694. The largest absolute Gasteiger partial charge is 0.326 e. The van der Waals surface area contributed by atoms with Gasteiger partial charge in [0.15, 0.2) is 0 Å². The highest BCUT2D eigenvalue weighted by Gasteiger charge is 2.04. The van der Waals surface area contributed by atoms with Crippen LogP contribution in [-0.4, -0.2) is 19.0 Å². The van der Waals surface area contributed by atoms with Crippen LogP contribution >= 0.6 is 23.2 Å². The molecule has 0 unspecified atom stereocenters. The van der Waals surface area contributed by atoms with Crippen LogP contribution in [0.25, 0.3) is 0 Å². The lowest BCUT2D eigenvalue weighted by Gasteiger charge is -2.09. The van der Waals surface area contributed by atoms with Crippen molar-refractivity contribution >= 4 is 34.8 Å². The van der Waals surface area contributed by atoms with E-state index in [9.17, 15) is 4.79 Å². The molecule has 0 atom stereocenters. The maximum atomic E-state index is 12.0. The van der Waals surface area contributed by atoms with Gasteiger partial charge in [0.05, 0.1) is 0 Å². The van der Waals surface area contributed by atoms with E-state index in [1.807, 2.05) is 38.1 Å². The lowest BCUT2D eigenvalue weighted by Crippen LogP contribution is -2.23. The molecule has 0 bridgehead atoms. The number of hydrogen-bond donors (Lipinski definition) is 2. The van der Waals surface area contributed by atoms with Gasteiger partial charge < -0.3 is 10.6 Å². The molecule has 0 saturated heterocycles. The maximum absolute atomic E-state index is 12.0. The van der Waals surface area contributed by atoms with Crippen LogP contribution in [0.4, 0.5) is 5.69 Å². The third kappa shape index (κ3) is 6.16. The lowest BCUT2D eigenvalue weighted by atomic mass is 10.1. The molecule has 0 aromatic heterocycles. The summed E-state index contributed by atoms with van der Waals surface area (Å²) in [4.78, 5) is 12.0. The number of aryl methyl sites for hydroxylation is 2. The molecule has 0 aliphatic heterocycles. The van der Waals surface area contributed by atoms with Crippen LogP contribution in [0.2, 0.25) is 10.0 Å². The Balaban J connectivity index is 1.69. The predicted octanol–water partition coefficient (Wildman–Crippen LogP) is 4.77. The molecule has 0 heterocycles. The Morgan fingerprint density at radius 1 is 1.00 bits per heavy atom. The minimum Gasteiger partial charge on any atom is -0.326 e. The molecule has 2 N–H and O–H groups in total. The molecule has 2 aromatic carbocycles. The van der Waals surface area contributed by atoms with E-state index >= 15 is 0 Å². The van der Waals surface area contributed by atoms with Crippen LogP contribution in [0.15, 0.2) is 36.4 Å². The van der Waals surface area contributed by atoms with Gasteiger partial charge in [0.25, 0.3) is 0 Å². The molecule has 0 aliphatic rings. The Hall–Kier alpha value is -1.55. The summed E-state index contributed by atoms with van der Waals surface area (Å²) in [6.07, 6.45) is 1.23. The Morgan fingerprint density at radius 2 is 1.71 bits per heavy atom. The summed E-state index contributed by atoms with van der Waals surface area (Å²) in [7, 11) is 0. The van der Waals surface area contributed by atoms with E-state index in [0.717, 1.165) is 35.3 Å². The van der Waals surface area contributed by atoms with E-state index in [-0.39, 0.29) is 5.91 Å². The molecule has 1 amide bonds. The molecule has 0 fully saturated rings. The first-order chi connectivity index (χ1) is 11.4. The molecule has 0 radical (unpaired) electrons. The van der Waals surface area contributed by atoms with Gasteiger partial charge in [-0.3, -0.25) is 4.79 Å². The normalized spacial score (nSPS) is 10.7. The minimum absolute atomic E-state index is 0.0111. The number of hydrogen-bond acceptors (Lipinski definition) is 2. The zero-order valence-electron chi connectivity index (χ0n) is 14.0. The highest BCUT2D eigenvalue weighted by Crippen LogP contribution is 2.21. The number of rotatable bonds is 7. The second-order valence-corrected chi connectivity index (χ2v) is 6.75. The number of benzene rings is 2. The number of amides is 1. The van der Waals surface area contributed by atoms with E-state index < -0.39 is 0 Å². The van der Waals surface area contributed by atoms with Crippen LogP contribution in [0.5, 0.6) is 0 Å². The van der Waals surface area contributed by atoms with Gasteiger partial charge in [0, 0.05) is 28.7 Å². The van der Waals surface area contributed by atoms with Crippen molar-refractivity contribution < 1.29 is 4.79 Å². The summed E-state index contributed by atoms with van der Waals surface area (Å²) in [5.74, 6) is 0.0111. The van der Waals surface area contributed by atoms with Gasteiger partial charge >= 0.3 is 0 Å². The first kappa shape index (κ1) is 18.8. The van der Waals surface area contributed by atoms with Crippen molar-refractivity contribution in [2.45, 2.75) is 26.7 Å². The van der Waals surface area contributed by atoms with E-state index in [1.165, 1.54) is 0 Å². The summed E-state index contributed by atoms with van der Waals surface area (Å²) in [6, 6.07) is 11.5. The van der Waals surface area contributed by atoms with Crippen LogP contribution in [0.1, 0.15) is 23.1 Å². The monoisotopic (exact) mass is 364 g/mol. The van der Waals surface area contributed by atoms with Crippen molar-refractivity contribution in [2.24, 2.45) is 0 Å². The van der Waals surface area contributed by atoms with Gasteiger partial charge in [0.2, 0.25) is 5.91 Å². The molecule has 3 nitrogen and oxygen atoms in total. The lowest BCUT2D eigenvalue weighted by molar-refractivity contribution is -0.116. The van der Waals surface area contributed by atoms with Gasteiger partial charge in [-0.15, -0.1) is 0 Å². The average Bonchev–Trinajstić information content (AvgIpc) is 2.47. The van der Waals surface area contributed by atoms with Crippen LogP contribution < -0.4 is 10.6 Å². The van der Waals surface area contributed by atoms with E-state index in [2.05, 4.69) is 16.7 Å². The Labute approximate surface area is 153 Å². The number of anilines is 1. The smallest absolute Gasteiger partial charge is 0.225 e. The Bertz CT molecular complexity index is 696. The first-order valence-corrected chi connectivity index (χ1v) is 8.72. The molecule has 0 aliphatic carbocycles. The highest BCUT2D eigenvalue weighted by atomic mass is 35.5. The number of carbonyl (C=O) groups excluding carboxylic acids is 1. The molecular weight excluding hydrogens is 343 g/mol. The molecule has 2 rings (SSSR count). The topological polar surface area (TPSA) is 41.1 Å². The van der Waals surface area contributed by atoms with Gasteiger partial charge in [-0.1, -0.05) is 35.3 Å². The van der Waals surface area contributed by atoms with E-state index in [1.54, 1.807) is 6.07 Å². The summed E-state index contributed by atoms with van der Waals surface area (Å²) in [6.45, 7) is 5.43. The number of halogens is 2. The summed E-state index contributed by atoms with van der Waals surface area (Å²) in [5.41, 5.74) is 4.19. The molecule has 2 aromatic rings. The molecule has 0 spiro atoms. The van der Waals surface area contributed by atoms with Crippen molar-refractivity contribution in [3.05, 3.63) is 63.1 Å². The molecule has 5 heteroatoms. The van der Waals surface area contributed by atoms with E-state index in [0.29, 0.717) is 23.0 Å². The van der Waals surface area contributed by atoms with Crippen molar-refractivity contribution in [3.63, 3.8) is 0 Å². The fourth-order valence-electron chi connectivity index (χ4n) is 2.54. The fourth-order valence-corrected chi connectivity index (χ4v) is 3.05. The number of carbonyl (C=O) groups is 1. The molecule has 0 saturated carbocycles. The van der Waals surface area contributed by atoms with Gasteiger partial charge in [-0.05, 0) is 67.8 Å². The van der Waals surface area contributed by atoms with Crippen LogP contribution in [0.3, 0.4) is 0 Å². The Kier molecular flexibility index (Phi) is 7.10. The molecule has 128 valence electrons. The van der Waals surface area contributed by atoms with Crippen molar-refractivity contribution in [1.29, 1.82) is 0 Å². The standard InChI is InChI=1S/C19H22Cl2N2O/c1-13-9-14(2)11-17(10-13)23-19(24)6-8-22-7-5-15-3-4-16(20)12-18(15)21/h3-4,9-12,22H,5-8H2,1-2H3,(H,23,24). The van der Waals surface area contributed by atoms with Crippen molar-refractivity contribution in [2.75, 3.05) is 18.4 Å². The third-order valence-corrected chi connectivity index (χ3v) is 4.21. The first-order valence-electron chi connectivity index (χ1n) is 7.97. The minimum atomic E-state index is 0.0111. The summed E-state index contributed by atoms with van der Waals surface area (Å²) < 4.78 is 0. The predicted molar refractivity (Wildman–Crippen MR) is 102 cm³/mol. The third-order valence-electron chi connectivity index (χ3n) is 3.62. The second-order valence-electron chi connectivity index (χ2n) is 5.91. The molecular formula is C19H22Cl2N2O. The number of nitrogens with one attached hydrogen (secondary N) is 2. The second kappa shape index (κ2) is 9.07. The summed E-state index contributed by atoms with van der Waals surface area (Å²) >= 11 is 12.0. The fraction of sp³-hybridized carbons (Fsp3) is 0.316. The van der Waals surface area contributed by atoms with Crippen molar-refractivity contribution in [1.82, 2.24) is 5.32 Å². The van der Waals surface area contributed by atoms with E-state index in [4.69, 9.17) is 23.2 Å². The molecule has 24 heavy (non-hydrogen) atoms. The SMILES string of the molecule is Cc1cc(C)cc(NC(=O)CCNCCc2ccc(Cl)cc2Cl)c1. The maximum Gasteiger partial charge on any atom is 0.225 e. The zero-order valence-corrected chi connectivity index (χ0v) is 15.5.